The van der Waals surface area contributed by atoms with Crippen LogP contribution < -0.4 is 4.74 Å². The summed E-state index contributed by atoms with van der Waals surface area (Å²) < 4.78 is 43.1. The van der Waals surface area contributed by atoms with Crippen LogP contribution in [0.5, 0.6) is 5.75 Å². The van der Waals surface area contributed by atoms with Gasteiger partial charge >= 0.3 is 6.18 Å². The predicted octanol–water partition coefficient (Wildman–Crippen LogP) is 1.72. The van der Waals surface area contributed by atoms with Gasteiger partial charge in [-0.3, -0.25) is 9.59 Å². The molecular weight excluding hydrogens is 313 g/mol. The lowest BCUT2D eigenvalue weighted by atomic mass is 10.1. The standard InChI is InChI=1S/C15H19F3N2O3/c1-19(2)14(22)9-20(10-15(16,17)18)13(21)8-11-6-4-5-7-12(11)23-3/h4-7H,8-10H2,1-3H3. The molecule has 0 bridgehead atoms. The molecule has 0 radical (unpaired) electrons. The summed E-state index contributed by atoms with van der Waals surface area (Å²) in [5, 5.41) is 0. The molecule has 0 fully saturated rings. The van der Waals surface area contributed by atoms with Crippen molar-refractivity contribution in [3.05, 3.63) is 29.8 Å². The highest BCUT2D eigenvalue weighted by Gasteiger charge is 2.34. The molecule has 2 amide bonds. The topological polar surface area (TPSA) is 49.9 Å². The van der Waals surface area contributed by atoms with Crippen molar-refractivity contribution in [3.8, 4) is 5.75 Å². The van der Waals surface area contributed by atoms with Gasteiger partial charge in [0.1, 0.15) is 18.8 Å². The van der Waals surface area contributed by atoms with Crippen molar-refractivity contribution >= 4 is 11.8 Å². The van der Waals surface area contributed by atoms with Crippen molar-refractivity contribution in [2.75, 3.05) is 34.3 Å². The van der Waals surface area contributed by atoms with E-state index in [0.29, 0.717) is 16.2 Å². The third-order valence-electron chi connectivity index (χ3n) is 3.08. The summed E-state index contributed by atoms with van der Waals surface area (Å²) >= 11 is 0. The zero-order valence-corrected chi connectivity index (χ0v) is 13.2. The van der Waals surface area contributed by atoms with Crippen LogP contribution in [-0.4, -0.2) is 62.1 Å². The number of amides is 2. The van der Waals surface area contributed by atoms with E-state index in [1.165, 1.54) is 21.2 Å². The molecule has 23 heavy (non-hydrogen) atoms. The fourth-order valence-corrected chi connectivity index (χ4v) is 1.88. The molecule has 0 spiro atoms. The molecule has 0 heterocycles. The molecule has 128 valence electrons. The maximum absolute atomic E-state index is 12.7. The monoisotopic (exact) mass is 332 g/mol. The van der Waals surface area contributed by atoms with Gasteiger partial charge in [-0.1, -0.05) is 18.2 Å². The van der Waals surface area contributed by atoms with E-state index in [1.54, 1.807) is 24.3 Å². The number of likely N-dealkylation sites (N-methyl/N-ethyl adjacent to an activating group) is 1. The number of carbonyl (C=O) groups is 2. The van der Waals surface area contributed by atoms with Crippen molar-refractivity contribution < 1.29 is 27.5 Å². The Kier molecular flexibility index (Phi) is 6.41. The van der Waals surface area contributed by atoms with Crippen LogP contribution in [0, 0.1) is 0 Å². The summed E-state index contributed by atoms with van der Waals surface area (Å²) in [4.78, 5) is 25.5. The predicted molar refractivity (Wildman–Crippen MR) is 78.0 cm³/mol. The summed E-state index contributed by atoms with van der Waals surface area (Å²) in [6.45, 7) is -2.10. The Morgan fingerprint density at radius 1 is 1.13 bits per heavy atom. The van der Waals surface area contributed by atoms with Gasteiger partial charge < -0.3 is 14.5 Å². The molecule has 0 aliphatic heterocycles. The SMILES string of the molecule is COc1ccccc1CC(=O)N(CC(=O)N(C)C)CC(F)(F)F. The summed E-state index contributed by atoms with van der Waals surface area (Å²) in [6.07, 6.45) is -4.86. The number of methoxy groups -OCH3 is 1. The molecule has 0 atom stereocenters. The maximum Gasteiger partial charge on any atom is 0.406 e. The number of halogens is 3. The van der Waals surface area contributed by atoms with Crippen molar-refractivity contribution in [2.45, 2.75) is 12.6 Å². The van der Waals surface area contributed by atoms with Gasteiger partial charge in [-0.2, -0.15) is 13.2 Å². The Bertz CT molecular complexity index is 559. The molecule has 1 aromatic rings. The normalized spacial score (nSPS) is 11.0. The molecule has 0 aliphatic carbocycles. The summed E-state index contributed by atoms with van der Waals surface area (Å²) in [6, 6.07) is 6.55. The van der Waals surface area contributed by atoms with E-state index in [1.807, 2.05) is 0 Å². The van der Waals surface area contributed by atoms with Gasteiger partial charge in [0.2, 0.25) is 11.8 Å². The quantitative estimate of drug-likeness (QED) is 0.797. The third kappa shape index (κ3) is 6.17. The van der Waals surface area contributed by atoms with E-state index < -0.39 is 31.1 Å². The lowest BCUT2D eigenvalue weighted by Crippen LogP contribution is -2.45. The van der Waals surface area contributed by atoms with Crippen LogP contribution in [0.2, 0.25) is 0 Å². The molecule has 5 nitrogen and oxygen atoms in total. The van der Waals surface area contributed by atoms with Gasteiger partial charge in [0.25, 0.3) is 0 Å². The fraction of sp³-hybridized carbons (Fsp3) is 0.467. The smallest absolute Gasteiger partial charge is 0.406 e. The first-order valence-corrected chi connectivity index (χ1v) is 6.80. The Hall–Kier alpha value is -2.25. The summed E-state index contributed by atoms with van der Waals surface area (Å²) in [5.41, 5.74) is 0.462. The summed E-state index contributed by atoms with van der Waals surface area (Å²) in [5.74, 6) is -0.962. The van der Waals surface area contributed by atoms with Crippen molar-refractivity contribution in [1.82, 2.24) is 9.80 Å². The second kappa shape index (κ2) is 7.85. The van der Waals surface area contributed by atoms with E-state index in [4.69, 9.17) is 4.74 Å². The van der Waals surface area contributed by atoms with Gasteiger partial charge in [-0.25, -0.2) is 0 Å². The van der Waals surface area contributed by atoms with Crippen LogP contribution in [-0.2, 0) is 16.0 Å². The largest absolute Gasteiger partial charge is 0.496 e. The van der Waals surface area contributed by atoms with Gasteiger partial charge in [-0.05, 0) is 6.07 Å². The second-order valence-corrected chi connectivity index (χ2v) is 5.14. The Labute approximate surface area is 132 Å². The third-order valence-corrected chi connectivity index (χ3v) is 3.08. The van der Waals surface area contributed by atoms with Crippen LogP contribution in [0.25, 0.3) is 0 Å². The number of nitrogens with zero attached hydrogens (tertiary/aromatic N) is 2. The Morgan fingerprint density at radius 2 is 1.74 bits per heavy atom. The average Bonchev–Trinajstić information content (AvgIpc) is 2.45. The molecule has 0 saturated carbocycles. The fourth-order valence-electron chi connectivity index (χ4n) is 1.88. The van der Waals surface area contributed by atoms with Crippen LogP contribution in [0.1, 0.15) is 5.56 Å². The number of alkyl halides is 3. The van der Waals surface area contributed by atoms with Crippen molar-refractivity contribution in [1.29, 1.82) is 0 Å². The van der Waals surface area contributed by atoms with Crippen LogP contribution in [0.4, 0.5) is 13.2 Å². The minimum absolute atomic E-state index is 0.277. The number of rotatable bonds is 6. The van der Waals surface area contributed by atoms with E-state index in [-0.39, 0.29) is 6.42 Å². The first kappa shape index (κ1) is 18.8. The number of para-hydroxylation sites is 1. The molecule has 1 rings (SSSR count). The minimum atomic E-state index is -4.58. The first-order valence-electron chi connectivity index (χ1n) is 6.80. The number of ether oxygens (including phenoxy) is 1. The zero-order chi connectivity index (χ0) is 17.6. The van der Waals surface area contributed by atoms with E-state index in [9.17, 15) is 22.8 Å². The number of hydrogen-bond donors (Lipinski definition) is 0. The first-order chi connectivity index (χ1) is 10.6. The van der Waals surface area contributed by atoms with Crippen LogP contribution in [0.15, 0.2) is 24.3 Å². The van der Waals surface area contributed by atoms with Crippen molar-refractivity contribution in [2.24, 2.45) is 0 Å². The highest BCUT2D eigenvalue weighted by atomic mass is 19.4. The second-order valence-electron chi connectivity index (χ2n) is 5.14. The summed E-state index contributed by atoms with van der Waals surface area (Å²) in [7, 11) is 4.24. The molecule has 0 N–H and O–H groups in total. The van der Waals surface area contributed by atoms with Gasteiger partial charge in [0.05, 0.1) is 13.5 Å². The number of hydrogen-bond acceptors (Lipinski definition) is 3. The molecular formula is C15H19F3N2O3. The van der Waals surface area contributed by atoms with Crippen molar-refractivity contribution in [3.63, 3.8) is 0 Å². The van der Waals surface area contributed by atoms with Gasteiger partial charge in [-0.15, -0.1) is 0 Å². The van der Waals surface area contributed by atoms with E-state index in [0.717, 1.165) is 4.90 Å². The van der Waals surface area contributed by atoms with Gasteiger partial charge in [0.15, 0.2) is 0 Å². The van der Waals surface area contributed by atoms with E-state index >= 15 is 0 Å². The lowest BCUT2D eigenvalue weighted by Gasteiger charge is -2.25. The Balaban J connectivity index is 2.92. The number of benzene rings is 1. The highest BCUT2D eigenvalue weighted by molar-refractivity contribution is 5.86. The Morgan fingerprint density at radius 3 is 2.26 bits per heavy atom. The molecule has 8 heteroatoms. The van der Waals surface area contributed by atoms with Crippen LogP contribution >= 0.6 is 0 Å². The van der Waals surface area contributed by atoms with E-state index in [2.05, 4.69) is 0 Å². The molecule has 0 saturated heterocycles. The zero-order valence-electron chi connectivity index (χ0n) is 13.2. The van der Waals surface area contributed by atoms with Gasteiger partial charge in [0, 0.05) is 19.7 Å². The highest BCUT2D eigenvalue weighted by Crippen LogP contribution is 2.21. The molecule has 0 aliphatic rings. The van der Waals surface area contributed by atoms with Crippen LogP contribution in [0.3, 0.4) is 0 Å². The minimum Gasteiger partial charge on any atom is -0.496 e. The molecule has 0 unspecified atom stereocenters. The number of carbonyl (C=O) groups excluding carboxylic acids is 2. The molecule has 0 aromatic heterocycles. The lowest BCUT2D eigenvalue weighted by molar-refractivity contribution is -0.163. The maximum atomic E-state index is 12.7. The average molecular weight is 332 g/mol. The molecule has 1 aromatic carbocycles.